The van der Waals surface area contributed by atoms with Crippen LogP contribution < -0.4 is 14.8 Å². The number of anilines is 1. The van der Waals surface area contributed by atoms with Crippen LogP contribution >= 0.6 is 0 Å². The van der Waals surface area contributed by atoms with Gasteiger partial charge in [0.25, 0.3) is 5.91 Å². The second kappa shape index (κ2) is 10.8. The Morgan fingerprint density at radius 3 is 2.61 bits per heavy atom. The Balaban J connectivity index is 1.39. The average molecular weight is 512 g/mol. The SMILES string of the molecule is Cc1ccc(NC(=O)COC(=O)/C(C#N)=C/c2ccc3c(c2)OCO3)cc1S(=O)(=O)N1CCCCC1. The van der Waals surface area contributed by atoms with Gasteiger partial charge in [-0.3, -0.25) is 4.79 Å². The molecule has 0 radical (unpaired) electrons. The molecule has 1 saturated heterocycles. The highest BCUT2D eigenvalue weighted by Crippen LogP contribution is 2.33. The number of nitrogens with one attached hydrogen (secondary N) is 1. The van der Waals surface area contributed by atoms with E-state index in [2.05, 4.69) is 5.32 Å². The Morgan fingerprint density at radius 2 is 1.86 bits per heavy atom. The first-order chi connectivity index (χ1) is 17.3. The molecule has 0 spiro atoms. The summed E-state index contributed by atoms with van der Waals surface area (Å²) in [6.45, 7) is 2.07. The first kappa shape index (κ1) is 25.2. The second-order valence-corrected chi connectivity index (χ2v) is 10.3. The maximum Gasteiger partial charge on any atom is 0.349 e. The van der Waals surface area contributed by atoms with Crippen molar-refractivity contribution in [3.63, 3.8) is 0 Å². The number of esters is 1. The predicted molar refractivity (Wildman–Crippen MR) is 130 cm³/mol. The van der Waals surface area contributed by atoms with E-state index < -0.39 is 28.5 Å². The molecule has 0 unspecified atom stereocenters. The number of carbonyl (C=O) groups is 2. The number of benzene rings is 2. The van der Waals surface area contributed by atoms with E-state index in [1.807, 2.05) is 0 Å². The molecule has 188 valence electrons. The molecule has 2 heterocycles. The van der Waals surface area contributed by atoms with E-state index >= 15 is 0 Å². The highest BCUT2D eigenvalue weighted by Gasteiger charge is 2.27. The quantitative estimate of drug-likeness (QED) is 0.341. The first-order valence-corrected chi connectivity index (χ1v) is 12.8. The number of hydrogen-bond donors (Lipinski definition) is 1. The Bertz CT molecular complexity index is 1360. The zero-order valence-electron chi connectivity index (χ0n) is 19.7. The minimum Gasteiger partial charge on any atom is -0.454 e. The summed E-state index contributed by atoms with van der Waals surface area (Å²) in [5.41, 5.74) is 1.05. The summed E-state index contributed by atoms with van der Waals surface area (Å²) in [4.78, 5) is 24.8. The third-order valence-corrected chi connectivity index (χ3v) is 7.83. The third kappa shape index (κ3) is 5.67. The van der Waals surface area contributed by atoms with E-state index in [1.54, 1.807) is 43.3 Å². The number of rotatable bonds is 7. The Kier molecular flexibility index (Phi) is 7.57. The van der Waals surface area contributed by atoms with Crippen molar-refractivity contribution in [1.82, 2.24) is 4.31 Å². The monoisotopic (exact) mass is 511 g/mol. The van der Waals surface area contributed by atoms with Gasteiger partial charge < -0.3 is 19.5 Å². The summed E-state index contributed by atoms with van der Waals surface area (Å²) >= 11 is 0. The van der Waals surface area contributed by atoms with Crippen molar-refractivity contribution in [3.8, 4) is 17.6 Å². The molecule has 2 aliphatic rings. The van der Waals surface area contributed by atoms with Gasteiger partial charge in [0.15, 0.2) is 18.1 Å². The van der Waals surface area contributed by atoms with Crippen molar-refractivity contribution in [3.05, 3.63) is 53.1 Å². The van der Waals surface area contributed by atoms with Gasteiger partial charge in [-0.05, 0) is 61.2 Å². The third-order valence-electron chi connectivity index (χ3n) is 5.79. The molecule has 0 aromatic heterocycles. The molecule has 0 atom stereocenters. The van der Waals surface area contributed by atoms with Crippen LogP contribution in [0, 0.1) is 18.3 Å². The molecule has 0 aliphatic carbocycles. The lowest BCUT2D eigenvalue weighted by Crippen LogP contribution is -2.36. The van der Waals surface area contributed by atoms with E-state index in [0.29, 0.717) is 35.7 Å². The lowest BCUT2D eigenvalue weighted by molar-refractivity contribution is -0.142. The molecule has 2 aliphatic heterocycles. The maximum absolute atomic E-state index is 13.1. The predicted octanol–water partition coefficient (Wildman–Crippen LogP) is 2.99. The van der Waals surface area contributed by atoms with Gasteiger partial charge in [-0.25, -0.2) is 13.2 Å². The van der Waals surface area contributed by atoms with Crippen LogP contribution in [0.4, 0.5) is 5.69 Å². The van der Waals surface area contributed by atoms with Crippen LogP contribution in [0.1, 0.15) is 30.4 Å². The normalized spacial score (nSPS) is 15.7. The van der Waals surface area contributed by atoms with Crippen molar-refractivity contribution in [2.24, 2.45) is 0 Å². The zero-order valence-corrected chi connectivity index (χ0v) is 20.5. The van der Waals surface area contributed by atoms with Crippen molar-refractivity contribution in [2.45, 2.75) is 31.1 Å². The number of carbonyl (C=O) groups excluding carboxylic acids is 2. The summed E-state index contributed by atoms with van der Waals surface area (Å²) in [5.74, 6) is -0.585. The fourth-order valence-corrected chi connectivity index (χ4v) is 5.68. The fourth-order valence-electron chi connectivity index (χ4n) is 3.91. The molecule has 10 nitrogen and oxygen atoms in total. The molecule has 1 N–H and O–H groups in total. The van der Waals surface area contributed by atoms with Gasteiger partial charge in [0.1, 0.15) is 11.6 Å². The summed E-state index contributed by atoms with van der Waals surface area (Å²) in [5, 5.41) is 11.9. The smallest absolute Gasteiger partial charge is 0.349 e. The first-order valence-electron chi connectivity index (χ1n) is 11.4. The Labute approximate surface area is 209 Å². The standard InChI is InChI=1S/C25H25N3O7S/c1-17-5-7-20(13-23(17)36(31,32)28-9-3-2-4-10-28)27-24(29)15-33-25(30)19(14-26)11-18-6-8-21-22(12-18)35-16-34-21/h5-8,11-13H,2-4,9-10,15-16H2,1H3,(H,27,29)/b19-11+. The van der Waals surface area contributed by atoms with Gasteiger partial charge in [-0.15, -0.1) is 0 Å². The number of nitrogens with zero attached hydrogens (tertiary/aromatic N) is 2. The molecular formula is C25H25N3O7S. The minimum atomic E-state index is -3.69. The number of nitriles is 1. The summed E-state index contributed by atoms with van der Waals surface area (Å²) < 4.78 is 43.1. The molecule has 11 heteroatoms. The van der Waals surface area contributed by atoms with Crippen molar-refractivity contribution >= 4 is 33.7 Å². The molecular weight excluding hydrogens is 486 g/mol. The summed E-state index contributed by atoms with van der Waals surface area (Å²) in [6, 6.07) is 11.3. The van der Waals surface area contributed by atoms with Gasteiger partial charge in [0, 0.05) is 18.8 Å². The molecule has 0 saturated carbocycles. The topological polar surface area (TPSA) is 135 Å². The molecule has 0 bridgehead atoms. The highest BCUT2D eigenvalue weighted by atomic mass is 32.2. The number of amides is 1. The van der Waals surface area contributed by atoms with Crippen molar-refractivity contribution < 1.29 is 32.2 Å². The summed E-state index contributed by atoms with van der Waals surface area (Å²) in [6.07, 6.45) is 3.95. The number of piperidine rings is 1. The van der Waals surface area contributed by atoms with Gasteiger partial charge in [0.05, 0.1) is 4.90 Å². The fraction of sp³-hybridized carbons (Fsp3) is 0.320. The Morgan fingerprint density at radius 1 is 1.11 bits per heavy atom. The van der Waals surface area contributed by atoms with Crippen LogP contribution in [0.15, 0.2) is 46.9 Å². The average Bonchev–Trinajstić information content (AvgIpc) is 3.35. The number of fused-ring (bicyclic) bond motifs is 1. The van der Waals surface area contributed by atoms with Gasteiger partial charge in [-0.1, -0.05) is 18.6 Å². The van der Waals surface area contributed by atoms with E-state index in [-0.39, 0.29) is 22.9 Å². The van der Waals surface area contributed by atoms with Crippen LogP contribution in [0.25, 0.3) is 6.08 Å². The van der Waals surface area contributed by atoms with Crippen molar-refractivity contribution in [2.75, 3.05) is 31.8 Å². The largest absolute Gasteiger partial charge is 0.454 e. The molecule has 2 aromatic carbocycles. The van der Waals surface area contributed by atoms with E-state index in [0.717, 1.165) is 19.3 Å². The van der Waals surface area contributed by atoms with Crippen LogP contribution in [-0.2, 0) is 24.3 Å². The number of sulfonamides is 1. The molecule has 2 aromatic rings. The number of aryl methyl sites for hydroxylation is 1. The Hall–Kier alpha value is -3.88. The number of ether oxygens (including phenoxy) is 3. The molecule has 1 amide bonds. The van der Waals surface area contributed by atoms with Gasteiger partial charge >= 0.3 is 5.97 Å². The number of hydrogen-bond acceptors (Lipinski definition) is 8. The molecule has 4 rings (SSSR count). The van der Waals surface area contributed by atoms with Gasteiger partial charge in [-0.2, -0.15) is 9.57 Å². The maximum atomic E-state index is 13.1. The van der Waals surface area contributed by atoms with Crippen molar-refractivity contribution in [1.29, 1.82) is 5.26 Å². The summed E-state index contributed by atoms with van der Waals surface area (Å²) in [7, 11) is -3.69. The second-order valence-electron chi connectivity index (χ2n) is 8.35. The van der Waals surface area contributed by atoms with Crippen LogP contribution in [0.5, 0.6) is 11.5 Å². The molecule has 1 fully saturated rings. The van der Waals surface area contributed by atoms with E-state index in [9.17, 15) is 23.3 Å². The lowest BCUT2D eigenvalue weighted by Gasteiger charge is -2.26. The van der Waals surface area contributed by atoms with Gasteiger partial charge in [0.2, 0.25) is 16.8 Å². The van der Waals surface area contributed by atoms with E-state index in [1.165, 1.54) is 16.4 Å². The van der Waals surface area contributed by atoms with Crippen LogP contribution in [0.2, 0.25) is 0 Å². The zero-order chi connectivity index (χ0) is 25.7. The molecule has 36 heavy (non-hydrogen) atoms. The van der Waals surface area contributed by atoms with E-state index in [4.69, 9.17) is 14.2 Å². The highest BCUT2D eigenvalue weighted by molar-refractivity contribution is 7.89. The van der Waals surface area contributed by atoms with Crippen LogP contribution in [-0.4, -0.2) is 51.1 Å². The van der Waals surface area contributed by atoms with Crippen LogP contribution in [0.3, 0.4) is 0 Å². The minimum absolute atomic E-state index is 0.0947. The lowest BCUT2D eigenvalue weighted by atomic mass is 10.1.